The molecule has 18 heteroatoms. The Morgan fingerprint density at radius 3 is 2.73 bits per heavy atom. The van der Waals surface area contributed by atoms with Gasteiger partial charge in [0.15, 0.2) is 5.82 Å². The molecule has 1 unspecified atom stereocenters. The predicted octanol–water partition coefficient (Wildman–Crippen LogP) is 3.35. The van der Waals surface area contributed by atoms with Crippen molar-refractivity contribution in [2.24, 2.45) is 17.8 Å². The number of anilines is 1. The van der Waals surface area contributed by atoms with E-state index < -0.39 is 54.8 Å². The SMILES string of the molecule is CCn1nccc1C(=O)N[C@H](c1cn2nc(C[C@H]3C[C@@H](C(F)(F)F)CNC3=O)c(N3CCOC(COC)C3)nc2n1)C1CCC(F)(F)CC1. The van der Waals surface area contributed by atoms with Crippen LogP contribution in [0.2, 0.25) is 0 Å². The van der Waals surface area contributed by atoms with E-state index in [-0.39, 0.29) is 49.9 Å². The van der Waals surface area contributed by atoms with E-state index >= 15 is 0 Å². The van der Waals surface area contributed by atoms with E-state index in [2.05, 4.69) is 15.7 Å². The summed E-state index contributed by atoms with van der Waals surface area (Å²) in [6, 6.07) is 0.797. The molecule has 0 radical (unpaired) electrons. The van der Waals surface area contributed by atoms with Crippen LogP contribution in [0.15, 0.2) is 18.5 Å². The van der Waals surface area contributed by atoms with Crippen LogP contribution in [-0.2, 0) is 27.2 Å². The largest absolute Gasteiger partial charge is 0.393 e. The topological polar surface area (TPSA) is 141 Å². The van der Waals surface area contributed by atoms with Crippen molar-refractivity contribution in [3.63, 3.8) is 0 Å². The number of rotatable bonds is 10. The minimum absolute atomic E-state index is 0.116. The Labute approximate surface area is 278 Å². The fourth-order valence-corrected chi connectivity index (χ4v) is 6.98. The van der Waals surface area contributed by atoms with Crippen molar-refractivity contribution in [2.75, 3.05) is 44.9 Å². The zero-order valence-corrected chi connectivity index (χ0v) is 27.3. The molecule has 2 saturated heterocycles. The first-order valence-electron chi connectivity index (χ1n) is 16.5. The molecule has 4 atom stereocenters. The van der Waals surface area contributed by atoms with E-state index in [4.69, 9.17) is 24.5 Å². The zero-order chi connectivity index (χ0) is 34.9. The zero-order valence-electron chi connectivity index (χ0n) is 27.3. The van der Waals surface area contributed by atoms with Gasteiger partial charge in [0.05, 0.1) is 43.2 Å². The second-order valence-electron chi connectivity index (χ2n) is 13.0. The Morgan fingerprint density at radius 2 is 2.02 bits per heavy atom. The lowest BCUT2D eigenvalue weighted by Gasteiger charge is -2.35. The van der Waals surface area contributed by atoms with Gasteiger partial charge in [-0.05, 0) is 38.2 Å². The van der Waals surface area contributed by atoms with Crippen LogP contribution in [0.4, 0.5) is 27.8 Å². The molecule has 0 aromatic carbocycles. The maximum absolute atomic E-state index is 14.2. The third kappa shape index (κ3) is 7.79. The molecule has 49 heavy (non-hydrogen) atoms. The normalized spacial score (nSPS) is 24.2. The van der Waals surface area contributed by atoms with Crippen LogP contribution in [0, 0.1) is 17.8 Å². The minimum Gasteiger partial charge on any atom is -0.382 e. The smallest absolute Gasteiger partial charge is 0.382 e. The average Bonchev–Trinajstić information content (AvgIpc) is 3.71. The number of alkyl halides is 5. The van der Waals surface area contributed by atoms with Crippen molar-refractivity contribution in [1.82, 2.24) is 40.0 Å². The lowest BCUT2D eigenvalue weighted by atomic mass is 9.81. The number of carbonyl (C=O) groups is 2. The maximum atomic E-state index is 14.2. The minimum atomic E-state index is -4.47. The first-order chi connectivity index (χ1) is 23.3. The summed E-state index contributed by atoms with van der Waals surface area (Å²) in [7, 11) is 1.54. The maximum Gasteiger partial charge on any atom is 0.393 e. The Bertz CT molecular complexity index is 1630. The summed E-state index contributed by atoms with van der Waals surface area (Å²) in [4.78, 5) is 37.7. The number of methoxy groups -OCH3 is 1. The second kappa shape index (κ2) is 14.1. The van der Waals surface area contributed by atoms with Gasteiger partial charge >= 0.3 is 6.18 Å². The molecule has 2 N–H and O–H groups in total. The van der Waals surface area contributed by atoms with E-state index in [1.807, 2.05) is 11.8 Å². The van der Waals surface area contributed by atoms with Gasteiger partial charge in [-0.1, -0.05) is 0 Å². The quantitative estimate of drug-likeness (QED) is 0.306. The number of carbonyl (C=O) groups excluding carboxylic acids is 2. The van der Waals surface area contributed by atoms with Crippen LogP contribution < -0.4 is 15.5 Å². The third-order valence-corrected chi connectivity index (χ3v) is 9.62. The number of hydrogen-bond donors (Lipinski definition) is 2. The number of nitrogens with one attached hydrogen (secondary N) is 2. The van der Waals surface area contributed by atoms with Gasteiger partial charge in [0.25, 0.3) is 11.7 Å². The predicted molar refractivity (Wildman–Crippen MR) is 164 cm³/mol. The van der Waals surface area contributed by atoms with E-state index in [0.29, 0.717) is 55.7 Å². The molecule has 2 aliphatic heterocycles. The summed E-state index contributed by atoms with van der Waals surface area (Å²) in [5.41, 5.74) is 0.947. The number of aryl methyl sites for hydroxylation is 1. The monoisotopic (exact) mass is 697 g/mol. The summed E-state index contributed by atoms with van der Waals surface area (Å²) in [5.74, 6) is -6.32. The molecule has 3 aromatic heterocycles. The van der Waals surface area contributed by atoms with Crippen LogP contribution in [0.1, 0.15) is 66.9 Å². The summed E-state index contributed by atoms with van der Waals surface area (Å²) < 4.78 is 83.4. The van der Waals surface area contributed by atoms with Crippen molar-refractivity contribution in [2.45, 2.75) is 76.2 Å². The molecular weight excluding hydrogens is 657 g/mol. The highest BCUT2D eigenvalue weighted by Gasteiger charge is 2.45. The van der Waals surface area contributed by atoms with Gasteiger partial charge < -0.3 is 25.0 Å². The number of ether oxygens (including phenoxy) is 2. The van der Waals surface area contributed by atoms with Gasteiger partial charge in [-0.2, -0.15) is 28.4 Å². The highest BCUT2D eigenvalue weighted by molar-refractivity contribution is 5.92. The van der Waals surface area contributed by atoms with Crippen LogP contribution in [0.5, 0.6) is 0 Å². The van der Waals surface area contributed by atoms with Gasteiger partial charge in [0.1, 0.15) is 11.4 Å². The van der Waals surface area contributed by atoms with E-state index in [1.165, 1.54) is 15.4 Å². The Kier molecular flexibility index (Phi) is 10.1. The molecule has 2 amide bonds. The number of hydrogen-bond acceptors (Lipinski definition) is 9. The molecule has 1 aliphatic carbocycles. The number of halogens is 5. The molecule has 5 heterocycles. The highest BCUT2D eigenvalue weighted by Crippen LogP contribution is 2.41. The highest BCUT2D eigenvalue weighted by atomic mass is 19.4. The number of piperidine rings is 1. The van der Waals surface area contributed by atoms with Crippen LogP contribution in [-0.4, -0.2) is 99.3 Å². The lowest BCUT2D eigenvalue weighted by molar-refractivity contribution is -0.183. The van der Waals surface area contributed by atoms with Crippen molar-refractivity contribution < 1.29 is 41.0 Å². The van der Waals surface area contributed by atoms with Crippen molar-refractivity contribution >= 4 is 23.4 Å². The van der Waals surface area contributed by atoms with E-state index in [1.54, 1.807) is 19.4 Å². The summed E-state index contributed by atoms with van der Waals surface area (Å²) in [6.07, 6.45) is -2.63. The standard InChI is InChI=1S/C31H40F5N9O4/c1-3-44-24(6-9-38-44)28(47)40-25(18-4-7-30(32,33)8-5-18)23-16-45-29(39-23)41-26(43-10-11-49-21(15-43)17-48-2)22(42-45)13-19-12-20(31(34,35)36)14-37-27(19)46/h6,9,16,18-21,25H,3-5,7-8,10-15,17H2,1-2H3,(H,37,46)(H,40,47)/t19-,20-,21?,25+/m1/s1. The Hall–Kier alpha value is -3.93. The van der Waals surface area contributed by atoms with Crippen molar-refractivity contribution in [3.8, 4) is 0 Å². The number of nitrogens with zero attached hydrogens (tertiary/aromatic N) is 7. The van der Waals surface area contributed by atoms with Crippen LogP contribution >= 0.6 is 0 Å². The van der Waals surface area contributed by atoms with Crippen LogP contribution in [0.3, 0.4) is 0 Å². The lowest BCUT2D eigenvalue weighted by Crippen LogP contribution is -2.48. The molecule has 3 fully saturated rings. The first-order valence-corrected chi connectivity index (χ1v) is 16.5. The van der Waals surface area contributed by atoms with Gasteiger partial charge in [-0.25, -0.2) is 18.3 Å². The fraction of sp³-hybridized carbons (Fsp3) is 0.677. The summed E-state index contributed by atoms with van der Waals surface area (Å²) in [6.45, 7) is 3.17. The second-order valence-corrected chi connectivity index (χ2v) is 13.0. The number of imidazole rings is 1. The van der Waals surface area contributed by atoms with Gasteiger partial charge in [-0.15, -0.1) is 0 Å². The Balaban J connectivity index is 1.37. The molecule has 268 valence electrons. The number of morpholine rings is 1. The molecular formula is C31H40F5N9O4. The number of aromatic nitrogens is 6. The Morgan fingerprint density at radius 1 is 1.24 bits per heavy atom. The molecule has 0 spiro atoms. The molecule has 3 aliphatic rings. The first kappa shape index (κ1) is 34.9. The summed E-state index contributed by atoms with van der Waals surface area (Å²) >= 11 is 0. The average molecular weight is 698 g/mol. The van der Waals surface area contributed by atoms with Gasteiger partial charge in [0, 0.05) is 64.7 Å². The van der Waals surface area contributed by atoms with Crippen molar-refractivity contribution in [1.29, 1.82) is 0 Å². The van der Waals surface area contributed by atoms with Crippen LogP contribution in [0.25, 0.3) is 5.78 Å². The molecule has 3 aromatic rings. The van der Waals surface area contributed by atoms with Crippen molar-refractivity contribution in [3.05, 3.63) is 35.5 Å². The number of amides is 2. The molecule has 1 saturated carbocycles. The molecule has 6 rings (SSSR count). The van der Waals surface area contributed by atoms with E-state index in [9.17, 15) is 31.5 Å². The van der Waals surface area contributed by atoms with Gasteiger partial charge in [0.2, 0.25) is 11.8 Å². The van der Waals surface area contributed by atoms with Gasteiger partial charge in [-0.3, -0.25) is 14.3 Å². The summed E-state index contributed by atoms with van der Waals surface area (Å²) in [5, 5.41) is 14.3. The fourth-order valence-electron chi connectivity index (χ4n) is 6.98. The molecule has 13 nitrogen and oxygen atoms in total. The van der Waals surface area contributed by atoms with E-state index in [0.717, 1.165) is 0 Å². The molecule has 0 bridgehead atoms. The number of fused-ring (bicyclic) bond motifs is 1. The third-order valence-electron chi connectivity index (χ3n) is 9.62.